The summed E-state index contributed by atoms with van der Waals surface area (Å²) in [6, 6.07) is 14.1. The Kier molecular flexibility index (Phi) is 8.53. The first-order chi connectivity index (χ1) is 17.5. The van der Waals surface area contributed by atoms with Gasteiger partial charge in [-0.15, -0.1) is 0 Å². The van der Waals surface area contributed by atoms with Gasteiger partial charge in [-0.2, -0.15) is 13.2 Å². The first kappa shape index (κ1) is 27.7. The van der Waals surface area contributed by atoms with Crippen molar-refractivity contribution in [3.8, 4) is 17.2 Å². The third-order valence-electron chi connectivity index (χ3n) is 5.29. The van der Waals surface area contributed by atoms with Gasteiger partial charge in [0.1, 0.15) is 6.54 Å². The number of methoxy groups -OCH3 is 3. The molecule has 0 aliphatic rings. The van der Waals surface area contributed by atoms with Crippen molar-refractivity contribution in [2.45, 2.75) is 17.6 Å². The molecule has 0 spiro atoms. The molecule has 3 aromatic rings. The Morgan fingerprint density at radius 1 is 0.892 bits per heavy atom. The summed E-state index contributed by atoms with van der Waals surface area (Å²) in [7, 11) is -0.0711. The van der Waals surface area contributed by atoms with Gasteiger partial charge >= 0.3 is 6.18 Å². The van der Waals surface area contributed by atoms with Gasteiger partial charge in [0.15, 0.2) is 11.5 Å². The van der Waals surface area contributed by atoms with E-state index in [-0.39, 0.29) is 17.1 Å². The van der Waals surface area contributed by atoms with Crippen molar-refractivity contribution >= 4 is 21.6 Å². The molecular formula is C25H25F3N2O6S. The normalized spacial score (nSPS) is 11.5. The minimum absolute atomic E-state index is 0.0443. The van der Waals surface area contributed by atoms with Gasteiger partial charge < -0.3 is 19.5 Å². The van der Waals surface area contributed by atoms with Crippen molar-refractivity contribution in [1.29, 1.82) is 0 Å². The van der Waals surface area contributed by atoms with Gasteiger partial charge in [-0.05, 0) is 48.0 Å². The van der Waals surface area contributed by atoms with Crippen LogP contribution < -0.4 is 23.8 Å². The SMILES string of the molecule is COc1cc(CNC(=O)CN(c2cccc(C(F)(F)F)c2)S(=O)(=O)c2ccccc2)cc(OC)c1OC. The number of carbonyl (C=O) groups is 1. The highest BCUT2D eigenvalue weighted by Crippen LogP contribution is 2.38. The molecule has 8 nitrogen and oxygen atoms in total. The van der Waals surface area contributed by atoms with E-state index in [1.807, 2.05) is 0 Å². The topological polar surface area (TPSA) is 94.2 Å². The van der Waals surface area contributed by atoms with Crippen LogP contribution >= 0.6 is 0 Å². The summed E-state index contributed by atoms with van der Waals surface area (Å²) in [6.45, 7) is -0.805. The van der Waals surface area contributed by atoms with Crippen molar-refractivity contribution in [3.05, 3.63) is 77.9 Å². The van der Waals surface area contributed by atoms with Crippen LogP contribution in [-0.4, -0.2) is 42.2 Å². The van der Waals surface area contributed by atoms with Crippen LogP contribution in [0.1, 0.15) is 11.1 Å². The summed E-state index contributed by atoms with van der Waals surface area (Å²) >= 11 is 0. The fourth-order valence-electron chi connectivity index (χ4n) is 3.50. The van der Waals surface area contributed by atoms with Crippen molar-refractivity contribution in [2.24, 2.45) is 0 Å². The number of hydrogen-bond acceptors (Lipinski definition) is 6. The molecule has 0 aliphatic heterocycles. The van der Waals surface area contributed by atoms with Crippen molar-refractivity contribution in [1.82, 2.24) is 5.32 Å². The first-order valence-electron chi connectivity index (χ1n) is 10.8. The van der Waals surface area contributed by atoms with Crippen molar-refractivity contribution in [2.75, 3.05) is 32.2 Å². The summed E-state index contributed by atoms with van der Waals surface area (Å²) in [4.78, 5) is 12.7. The van der Waals surface area contributed by atoms with Crippen LogP contribution in [0.4, 0.5) is 18.9 Å². The van der Waals surface area contributed by atoms with Gasteiger partial charge in [0.2, 0.25) is 11.7 Å². The van der Waals surface area contributed by atoms with E-state index < -0.39 is 34.2 Å². The maximum absolute atomic E-state index is 13.4. The smallest absolute Gasteiger partial charge is 0.416 e. The largest absolute Gasteiger partial charge is 0.493 e. The lowest BCUT2D eigenvalue weighted by Crippen LogP contribution is -2.40. The lowest BCUT2D eigenvalue weighted by atomic mass is 10.1. The molecule has 198 valence electrons. The van der Waals surface area contributed by atoms with E-state index in [4.69, 9.17) is 14.2 Å². The highest BCUT2D eigenvalue weighted by molar-refractivity contribution is 7.92. The van der Waals surface area contributed by atoms with Crippen LogP contribution in [0.5, 0.6) is 17.2 Å². The lowest BCUT2D eigenvalue weighted by molar-refractivity contribution is -0.137. The summed E-state index contributed by atoms with van der Waals surface area (Å²) in [5, 5.41) is 2.59. The van der Waals surface area contributed by atoms with Crippen molar-refractivity contribution < 1.29 is 40.6 Å². The molecule has 0 radical (unpaired) electrons. The summed E-state index contributed by atoms with van der Waals surface area (Å²) in [6.07, 6.45) is -4.70. The van der Waals surface area contributed by atoms with Crippen LogP contribution in [0, 0.1) is 0 Å². The van der Waals surface area contributed by atoms with Crippen molar-refractivity contribution in [3.63, 3.8) is 0 Å². The van der Waals surface area contributed by atoms with E-state index >= 15 is 0 Å². The molecule has 0 fully saturated rings. The second kappa shape index (κ2) is 11.4. The maximum Gasteiger partial charge on any atom is 0.416 e. The number of nitrogens with one attached hydrogen (secondary N) is 1. The third kappa shape index (κ3) is 6.45. The molecular weight excluding hydrogens is 513 g/mol. The van der Waals surface area contributed by atoms with Crippen LogP contribution in [-0.2, 0) is 27.5 Å². The number of amides is 1. The molecule has 12 heteroatoms. The summed E-state index contributed by atoms with van der Waals surface area (Å²) in [5.41, 5.74) is -0.794. The Morgan fingerprint density at radius 2 is 1.51 bits per heavy atom. The zero-order valence-electron chi connectivity index (χ0n) is 20.2. The van der Waals surface area contributed by atoms with Gasteiger partial charge in [0.05, 0.1) is 37.5 Å². The van der Waals surface area contributed by atoms with E-state index in [0.29, 0.717) is 33.2 Å². The molecule has 0 unspecified atom stereocenters. The second-order valence-electron chi connectivity index (χ2n) is 7.68. The van der Waals surface area contributed by atoms with Gasteiger partial charge in [-0.3, -0.25) is 9.10 Å². The second-order valence-corrected chi connectivity index (χ2v) is 9.55. The van der Waals surface area contributed by atoms with E-state index in [0.717, 1.165) is 12.1 Å². The summed E-state index contributed by atoms with van der Waals surface area (Å²) < 4.78 is 83.2. The quantitative estimate of drug-likeness (QED) is 0.415. The molecule has 1 amide bonds. The molecule has 0 bridgehead atoms. The van der Waals surface area contributed by atoms with E-state index in [9.17, 15) is 26.4 Å². The molecule has 0 saturated heterocycles. The number of rotatable bonds is 10. The first-order valence-corrected chi connectivity index (χ1v) is 12.3. The maximum atomic E-state index is 13.4. The number of alkyl halides is 3. The Bertz CT molecular complexity index is 1320. The summed E-state index contributed by atoms with van der Waals surface area (Å²) in [5.74, 6) is 0.308. The molecule has 3 aromatic carbocycles. The average molecular weight is 539 g/mol. The van der Waals surface area contributed by atoms with Gasteiger partial charge in [-0.1, -0.05) is 24.3 Å². The zero-order valence-corrected chi connectivity index (χ0v) is 21.0. The molecule has 0 saturated carbocycles. The fourth-order valence-corrected chi connectivity index (χ4v) is 4.93. The zero-order chi connectivity index (χ0) is 27.2. The van der Waals surface area contributed by atoms with E-state index in [1.54, 1.807) is 18.2 Å². The highest BCUT2D eigenvalue weighted by atomic mass is 32.2. The van der Waals surface area contributed by atoms with E-state index in [2.05, 4.69) is 5.32 Å². The average Bonchev–Trinajstić information content (AvgIpc) is 2.89. The van der Waals surface area contributed by atoms with E-state index in [1.165, 1.54) is 51.7 Å². The number of anilines is 1. The Morgan fingerprint density at radius 3 is 2.05 bits per heavy atom. The predicted molar refractivity (Wildman–Crippen MR) is 130 cm³/mol. The standard InChI is InChI=1S/C25H25F3N2O6S/c1-34-21-12-17(13-22(35-2)24(21)36-3)15-29-23(31)16-30(37(32,33)20-10-5-4-6-11-20)19-9-7-8-18(14-19)25(26,27)28/h4-14H,15-16H2,1-3H3,(H,29,31). The number of halogens is 3. The monoisotopic (exact) mass is 538 g/mol. The number of hydrogen-bond donors (Lipinski definition) is 1. The predicted octanol–water partition coefficient (Wildman–Crippen LogP) is 4.24. The van der Waals surface area contributed by atoms with Gasteiger partial charge in [-0.25, -0.2) is 8.42 Å². The highest BCUT2D eigenvalue weighted by Gasteiger charge is 2.33. The molecule has 37 heavy (non-hydrogen) atoms. The van der Waals surface area contributed by atoms with Crippen LogP contribution in [0.15, 0.2) is 71.6 Å². The lowest BCUT2D eigenvalue weighted by Gasteiger charge is -2.25. The number of benzene rings is 3. The number of ether oxygens (including phenoxy) is 3. The third-order valence-corrected chi connectivity index (χ3v) is 7.08. The number of sulfonamides is 1. The number of nitrogens with zero attached hydrogens (tertiary/aromatic N) is 1. The van der Waals surface area contributed by atoms with Crippen LogP contribution in [0.25, 0.3) is 0 Å². The van der Waals surface area contributed by atoms with Gasteiger partial charge in [0.25, 0.3) is 10.0 Å². The Hall–Kier alpha value is -3.93. The molecule has 0 heterocycles. The Balaban J connectivity index is 1.91. The minimum atomic E-state index is -4.70. The molecule has 3 rings (SSSR count). The minimum Gasteiger partial charge on any atom is -0.493 e. The van der Waals surface area contributed by atoms with Crippen LogP contribution in [0.2, 0.25) is 0 Å². The molecule has 0 aliphatic carbocycles. The fraction of sp³-hybridized carbons (Fsp3) is 0.240. The molecule has 0 aromatic heterocycles. The van der Waals surface area contributed by atoms with Crippen LogP contribution in [0.3, 0.4) is 0 Å². The number of carbonyl (C=O) groups excluding carboxylic acids is 1. The van der Waals surface area contributed by atoms with Gasteiger partial charge in [0, 0.05) is 6.54 Å². The molecule has 1 N–H and O–H groups in total. The molecule has 0 atom stereocenters. The Labute approximate surface area is 212 Å².